The molecule has 2 aliphatic heterocycles. The lowest BCUT2D eigenvalue weighted by molar-refractivity contribution is -0.180. The van der Waals surface area contributed by atoms with E-state index in [9.17, 15) is 14.9 Å². The number of hydrogen-bond acceptors (Lipinski definition) is 10. The van der Waals surface area contributed by atoms with E-state index in [1.54, 1.807) is 12.4 Å². The van der Waals surface area contributed by atoms with Crippen LogP contribution in [0.3, 0.4) is 0 Å². The van der Waals surface area contributed by atoms with Crippen LogP contribution in [0.5, 0.6) is 5.75 Å². The molecular weight excluding hydrogens is 642 g/mol. The number of aromatic nitrogens is 2. The van der Waals surface area contributed by atoms with Crippen LogP contribution in [0.1, 0.15) is 84.6 Å². The van der Waals surface area contributed by atoms with Crippen LogP contribution in [0.15, 0.2) is 48.8 Å². The summed E-state index contributed by atoms with van der Waals surface area (Å²) in [5, 5.41) is 12.8. The number of nitriles is 1. The standard InChI is InChI=1S/C40H51N7O4/c1-27-20-33(21-28(2)34(27)22-41)51-40(6)26-39(5,38(40,3)4)44-36(48)30-8-10-31(11-9-30)46-14-12-29(13-15-46)25-45-16-18-47(19-17-45)32-23-42-35(43-24-32)37(49)50-7/h8-11,20-21,23-24,29H,12-19,25-26H2,1-7H3,(H,44,48). The van der Waals surface area contributed by atoms with Gasteiger partial charge in [-0.15, -0.1) is 0 Å². The number of amides is 1. The van der Waals surface area contributed by atoms with Gasteiger partial charge in [0, 0.05) is 68.9 Å². The molecule has 3 aromatic rings. The molecular formula is C40H51N7O4. The zero-order chi connectivity index (χ0) is 36.6. The number of piperazine rings is 1. The van der Waals surface area contributed by atoms with Gasteiger partial charge in [-0.2, -0.15) is 5.26 Å². The molecule has 6 rings (SSSR count). The lowest BCUT2D eigenvalue weighted by Crippen LogP contribution is -2.77. The largest absolute Gasteiger partial charge is 0.487 e. The van der Waals surface area contributed by atoms with Gasteiger partial charge in [-0.05, 0) is 94.0 Å². The molecule has 270 valence electrons. The lowest BCUT2D eigenvalue weighted by Gasteiger charge is -2.65. The molecule has 3 aliphatic rings. The summed E-state index contributed by atoms with van der Waals surface area (Å²) in [6, 6.07) is 14.2. The molecule has 1 aliphatic carbocycles. The summed E-state index contributed by atoms with van der Waals surface area (Å²) in [6.45, 7) is 19.3. The second kappa shape index (κ2) is 14.1. The van der Waals surface area contributed by atoms with Gasteiger partial charge in [0.1, 0.15) is 11.4 Å². The zero-order valence-corrected chi connectivity index (χ0v) is 31.1. The highest BCUT2D eigenvalue weighted by atomic mass is 16.5. The first-order chi connectivity index (χ1) is 24.3. The highest BCUT2D eigenvalue weighted by molar-refractivity contribution is 5.95. The van der Waals surface area contributed by atoms with Crippen molar-refractivity contribution < 1.29 is 19.1 Å². The third-order valence-electron chi connectivity index (χ3n) is 12.1. The minimum atomic E-state index is -0.525. The van der Waals surface area contributed by atoms with Crippen molar-refractivity contribution in [3.63, 3.8) is 0 Å². The topological polar surface area (TPSA) is 124 Å². The SMILES string of the molecule is COC(=O)c1ncc(N2CCN(CC3CCN(c4ccc(C(=O)NC5(C)CC(C)(Oc6cc(C)c(C#N)c(C)c6)C5(C)C)cc4)CC3)CC2)cn1. The van der Waals surface area contributed by atoms with Gasteiger partial charge in [-0.1, -0.05) is 13.8 Å². The van der Waals surface area contributed by atoms with Crippen molar-refractivity contribution in [2.45, 2.75) is 71.9 Å². The van der Waals surface area contributed by atoms with Gasteiger partial charge in [0.25, 0.3) is 5.91 Å². The fourth-order valence-corrected chi connectivity index (χ4v) is 8.13. The molecule has 11 heteroatoms. The van der Waals surface area contributed by atoms with Gasteiger partial charge in [0.05, 0.1) is 42.4 Å². The van der Waals surface area contributed by atoms with E-state index >= 15 is 0 Å². The van der Waals surface area contributed by atoms with E-state index in [-0.39, 0.29) is 17.1 Å². The Morgan fingerprint density at radius 1 is 0.902 bits per heavy atom. The van der Waals surface area contributed by atoms with Gasteiger partial charge in [0.15, 0.2) is 0 Å². The number of rotatable bonds is 9. The molecule has 1 amide bonds. The number of methoxy groups -OCH3 is 1. The number of anilines is 2. The summed E-state index contributed by atoms with van der Waals surface area (Å²) >= 11 is 0. The highest BCUT2D eigenvalue weighted by Crippen LogP contribution is 2.58. The Balaban J connectivity index is 0.960. The van der Waals surface area contributed by atoms with Crippen LogP contribution in [-0.4, -0.2) is 90.8 Å². The number of benzene rings is 2. The van der Waals surface area contributed by atoms with Crippen LogP contribution in [-0.2, 0) is 4.74 Å². The molecule has 2 unspecified atom stereocenters. The predicted molar refractivity (Wildman–Crippen MR) is 197 cm³/mol. The van der Waals surface area contributed by atoms with E-state index in [1.807, 2.05) is 38.1 Å². The molecule has 2 atom stereocenters. The summed E-state index contributed by atoms with van der Waals surface area (Å²) in [6.07, 6.45) is 6.35. The number of piperidine rings is 1. The first-order valence-corrected chi connectivity index (χ1v) is 18.0. The van der Waals surface area contributed by atoms with Crippen LogP contribution in [0.4, 0.5) is 11.4 Å². The van der Waals surface area contributed by atoms with Gasteiger partial charge >= 0.3 is 5.97 Å². The van der Waals surface area contributed by atoms with Crippen LogP contribution in [0.25, 0.3) is 0 Å². The van der Waals surface area contributed by atoms with Crippen molar-refractivity contribution in [2.24, 2.45) is 11.3 Å². The van der Waals surface area contributed by atoms with Crippen molar-refractivity contribution >= 4 is 23.3 Å². The molecule has 0 bridgehead atoms. The maximum atomic E-state index is 13.5. The van der Waals surface area contributed by atoms with E-state index in [2.05, 4.69) is 75.9 Å². The Hall–Kier alpha value is -4.69. The third-order valence-corrected chi connectivity index (χ3v) is 12.1. The molecule has 0 spiro atoms. The number of ether oxygens (including phenoxy) is 2. The first-order valence-electron chi connectivity index (χ1n) is 18.0. The quantitative estimate of drug-likeness (QED) is 0.286. The van der Waals surface area contributed by atoms with Crippen LogP contribution >= 0.6 is 0 Å². The van der Waals surface area contributed by atoms with Crippen molar-refractivity contribution in [3.05, 3.63) is 76.9 Å². The molecule has 2 aromatic carbocycles. The van der Waals surface area contributed by atoms with Gasteiger partial charge in [-0.25, -0.2) is 14.8 Å². The third kappa shape index (κ3) is 7.11. The fraction of sp³-hybridized carbons (Fsp3) is 0.525. The van der Waals surface area contributed by atoms with Crippen LogP contribution < -0.4 is 19.9 Å². The Morgan fingerprint density at radius 2 is 1.49 bits per heavy atom. The number of carbonyl (C=O) groups is 2. The molecule has 51 heavy (non-hydrogen) atoms. The number of hydrogen-bond donors (Lipinski definition) is 1. The normalized spacial score (nSPS) is 23.6. The molecule has 0 radical (unpaired) electrons. The van der Waals surface area contributed by atoms with Crippen LogP contribution in [0.2, 0.25) is 0 Å². The maximum Gasteiger partial charge on any atom is 0.376 e. The second-order valence-electron chi connectivity index (χ2n) is 15.5. The Labute approximate surface area is 301 Å². The number of esters is 1. The summed E-state index contributed by atoms with van der Waals surface area (Å²) in [4.78, 5) is 40.7. The van der Waals surface area contributed by atoms with E-state index in [1.165, 1.54) is 7.11 Å². The van der Waals surface area contributed by atoms with E-state index in [4.69, 9.17) is 9.47 Å². The molecule has 1 saturated carbocycles. The number of carbonyl (C=O) groups excluding carboxylic acids is 2. The van der Waals surface area contributed by atoms with Gasteiger partial charge in [-0.3, -0.25) is 9.69 Å². The minimum absolute atomic E-state index is 0.0752. The Bertz CT molecular complexity index is 1770. The Morgan fingerprint density at radius 3 is 2.04 bits per heavy atom. The smallest absolute Gasteiger partial charge is 0.376 e. The molecule has 1 N–H and O–H groups in total. The number of nitrogens with zero attached hydrogens (tertiary/aromatic N) is 6. The van der Waals surface area contributed by atoms with E-state index in [0.717, 1.165) is 86.9 Å². The van der Waals surface area contributed by atoms with Crippen molar-refractivity contribution in [1.82, 2.24) is 20.2 Å². The molecule has 2 saturated heterocycles. The summed E-state index contributed by atoms with van der Waals surface area (Å²) in [7, 11) is 1.33. The maximum absolute atomic E-state index is 13.5. The minimum Gasteiger partial charge on any atom is -0.487 e. The number of nitrogens with one attached hydrogen (secondary N) is 1. The van der Waals surface area contributed by atoms with E-state index < -0.39 is 17.1 Å². The Kier molecular flexibility index (Phi) is 10.0. The summed E-state index contributed by atoms with van der Waals surface area (Å²) < 4.78 is 11.3. The first kappa shape index (κ1) is 36.1. The average Bonchev–Trinajstić information content (AvgIpc) is 3.12. The summed E-state index contributed by atoms with van der Waals surface area (Å²) in [5.74, 6) is 0.893. The molecule has 11 nitrogen and oxygen atoms in total. The van der Waals surface area contributed by atoms with Crippen molar-refractivity contribution in [1.29, 1.82) is 5.26 Å². The molecule has 1 aromatic heterocycles. The monoisotopic (exact) mass is 693 g/mol. The molecule has 3 fully saturated rings. The fourth-order valence-electron chi connectivity index (χ4n) is 8.13. The van der Waals surface area contributed by atoms with E-state index in [0.29, 0.717) is 23.5 Å². The molecule has 3 heterocycles. The van der Waals surface area contributed by atoms with Gasteiger partial charge in [0.2, 0.25) is 5.82 Å². The van der Waals surface area contributed by atoms with Crippen molar-refractivity contribution in [2.75, 3.05) is 62.7 Å². The summed E-state index contributed by atoms with van der Waals surface area (Å²) in [5.41, 5.74) is 3.96. The lowest BCUT2D eigenvalue weighted by atomic mass is 9.48. The van der Waals surface area contributed by atoms with Crippen molar-refractivity contribution in [3.8, 4) is 11.8 Å². The van der Waals surface area contributed by atoms with Crippen LogP contribution in [0, 0.1) is 36.5 Å². The van der Waals surface area contributed by atoms with Gasteiger partial charge < -0.3 is 24.6 Å². The number of aryl methyl sites for hydroxylation is 2. The predicted octanol–water partition coefficient (Wildman–Crippen LogP) is 5.55. The highest BCUT2D eigenvalue weighted by Gasteiger charge is 2.67. The average molecular weight is 694 g/mol. The second-order valence-corrected chi connectivity index (χ2v) is 15.5. The zero-order valence-electron chi connectivity index (χ0n) is 31.1.